The molecule has 0 aromatic heterocycles. The highest BCUT2D eigenvalue weighted by Crippen LogP contribution is 2.23. The van der Waals surface area contributed by atoms with Crippen molar-refractivity contribution in [3.8, 4) is 0 Å². The van der Waals surface area contributed by atoms with E-state index in [0.29, 0.717) is 11.3 Å². The monoisotopic (exact) mass is 294 g/mol. The molecular formula is C15H22N2O2S. The van der Waals surface area contributed by atoms with Crippen molar-refractivity contribution < 1.29 is 9.59 Å². The van der Waals surface area contributed by atoms with Gasteiger partial charge in [0.2, 0.25) is 5.91 Å². The number of benzene rings is 1. The van der Waals surface area contributed by atoms with Crippen LogP contribution in [0.15, 0.2) is 29.2 Å². The molecule has 1 aromatic rings. The first-order valence-electron chi connectivity index (χ1n) is 6.68. The molecule has 2 amide bonds. The highest BCUT2D eigenvalue weighted by atomic mass is 32.2. The molecule has 1 rings (SSSR count). The van der Waals surface area contributed by atoms with Gasteiger partial charge in [-0.2, -0.15) is 0 Å². The normalized spacial score (nSPS) is 11.8. The molecule has 0 heterocycles. The summed E-state index contributed by atoms with van der Waals surface area (Å²) in [5.74, 6) is 0.285. The van der Waals surface area contributed by atoms with Gasteiger partial charge < -0.3 is 10.2 Å². The first-order chi connectivity index (χ1) is 9.45. The lowest BCUT2D eigenvalue weighted by Crippen LogP contribution is -2.32. The quantitative estimate of drug-likeness (QED) is 0.820. The maximum Gasteiger partial charge on any atom is 0.252 e. The van der Waals surface area contributed by atoms with Gasteiger partial charge in [0.05, 0.1) is 11.3 Å². The summed E-state index contributed by atoms with van der Waals surface area (Å²) in [6.07, 6.45) is 0.889. The van der Waals surface area contributed by atoms with Gasteiger partial charge in [-0.25, -0.2) is 0 Å². The van der Waals surface area contributed by atoms with E-state index >= 15 is 0 Å². The fraction of sp³-hybridized carbons (Fsp3) is 0.467. The second kappa shape index (κ2) is 7.94. The van der Waals surface area contributed by atoms with Crippen molar-refractivity contribution in [3.63, 3.8) is 0 Å². The summed E-state index contributed by atoms with van der Waals surface area (Å²) >= 11 is 1.39. The zero-order valence-corrected chi connectivity index (χ0v) is 13.3. The van der Waals surface area contributed by atoms with Crippen LogP contribution in [0, 0.1) is 0 Å². The average molecular weight is 294 g/mol. The molecule has 20 heavy (non-hydrogen) atoms. The van der Waals surface area contributed by atoms with E-state index in [1.165, 1.54) is 11.8 Å². The molecule has 0 aliphatic rings. The van der Waals surface area contributed by atoms with Crippen LogP contribution in [0.3, 0.4) is 0 Å². The zero-order valence-electron chi connectivity index (χ0n) is 12.5. The van der Waals surface area contributed by atoms with Gasteiger partial charge in [-0.05, 0) is 25.5 Å². The summed E-state index contributed by atoms with van der Waals surface area (Å²) in [6.45, 7) is 4.00. The third-order valence-corrected chi connectivity index (χ3v) is 4.03. The highest BCUT2D eigenvalue weighted by Gasteiger charge is 2.14. The fourth-order valence-corrected chi connectivity index (χ4v) is 2.48. The van der Waals surface area contributed by atoms with Gasteiger partial charge in [-0.3, -0.25) is 9.59 Å². The maximum atomic E-state index is 12.2. The molecule has 4 nitrogen and oxygen atoms in total. The Labute approximate surface area is 124 Å². The molecule has 0 aliphatic heterocycles. The van der Waals surface area contributed by atoms with Crippen molar-refractivity contribution in [1.82, 2.24) is 10.2 Å². The van der Waals surface area contributed by atoms with E-state index in [2.05, 4.69) is 5.32 Å². The zero-order chi connectivity index (χ0) is 15.1. The Morgan fingerprint density at radius 1 is 1.30 bits per heavy atom. The molecule has 0 saturated carbocycles. The maximum absolute atomic E-state index is 12.2. The van der Waals surface area contributed by atoms with Gasteiger partial charge >= 0.3 is 0 Å². The first-order valence-corrected chi connectivity index (χ1v) is 7.67. The molecule has 0 bridgehead atoms. The molecule has 0 radical (unpaired) electrons. The second-order valence-corrected chi connectivity index (χ2v) is 5.87. The van der Waals surface area contributed by atoms with Gasteiger partial charge in [0, 0.05) is 25.0 Å². The van der Waals surface area contributed by atoms with Crippen molar-refractivity contribution in [2.75, 3.05) is 19.8 Å². The summed E-state index contributed by atoms with van der Waals surface area (Å²) in [5.41, 5.74) is 0.629. The lowest BCUT2D eigenvalue weighted by Gasteiger charge is -2.14. The third kappa shape index (κ3) is 4.89. The van der Waals surface area contributed by atoms with Gasteiger partial charge in [0.25, 0.3) is 5.91 Å². The Kier molecular flexibility index (Phi) is 6.58. The van der Waals surface area contributed by atoms with Gasteiger partial charge in [-0.15, -0.1) is 11.8 Å². The van der Waals surface area contributed by atoms with Gasteiger partial charge in [-0.1, -0.05) is 19.1 Å². The van der Waals surface area contributed by atoms with Crippen molar-refractivity contribution in [1.29, 1.82) is 0 Å². The number of hydrogen-bond acceptors (Lipinski definition) is 3. The topological polar surface area (TPSA) is 49.4 Å². The van der Waals surface area contributed by atoms with Crippen LogP contribution >= 0.6 is 11.8 Å². The smallest absolute Gasteiger partial charge is 0.252 e. The van der Waals surface area contributed by atoms with Crippen molar-refractivity contribution in [2.24, 2.45) is 0 Å². The molecular weight excluding hydrogens is 272 g/mol. The first kappa shape index (κ1) is 16.6. The second-order valence-electron chi connectivity index (χ2n) is 4.86. The molecule has 0 spiro atoms. The Balaban J connectivity index is 2.77. The summed E-state index contributed by atoms with van der Waals surface area (Å²) in [7, 11) is 3.45. The summed E-state index contributed by atoms with van der Waals surface area (Å²) in [4.78, 5) is 26.2. The Bertz CT molecular complexity index is 475. The standard InChI is InChI=1S/C15H22N2O2S/c1-5-11(2)16-15(19)12-8-6-7-9-13(12)20-10-14(18)17(3)4/h6-9,11H,5,10H2,1-4H3,(H,16,19). The van der Waals surface area contributed by atoms with E-state index in [1.807, 2.05) is 32.0 Å². The van der Waals surface area contributed by atoms with Crippen LogP contribution in [-0.2, 0) is 4.79 Å². The van der Waals surface area contributed by atoms with Gasteiger partial charge in [0.1, 0.15) is 0 Å². The summed E-state index contributed by atoms with van der Waals surface area (Å²) < 4.78 is 0. The highest BCUT2D eigenvalue weighted by molar-refractivity contribution is 8.00. The lowest BCUT2D eigenvalue weighted by molar-refractivity contribution is -0.125. The number of amides is 2. The van der Waals surface area contributed by atoms with E-state index in [4.69, 9.17) is 0 Å². The Morgan fingerprint density at radius 3 is 2.55 bits per heavy atom. The lowest BCUT2D eigenvalue weighted by atomic mass is 10.2. The molecule has 0 aliphatic carbocycles. The van der Waals surface area contributed by atoms with E-state index in [1.54, 1.807) is 25.1 Å². The largest absolute Gasteiger partial charge is 0.350 e. The summed E-state index contributed by atoms with van der Waals surface area (Å²) in [5, 5.41) is 2.95. The number of rotatable bonds is 6. The van der Waals surface area contributed by atoms with Crippen molar-refractivity contribution in [2.45, 2.75) is 31.2 Å². The van der Waals surface area contributed by atoms with E-state index in [9.17, 15) is 9.59 Å². The number of carbonyl (C=O) groups excluding carboxylic acids is 2. The van der Waals surface area contributed by atoms with Crippen LogP contribution in [0.2, 0.25) is 0 Å². The van der Waals surface area contributed by atoms with Crippen LogP contribution in [0.5, 0.6) is 0 Å². The minimum atomic E-state index is -0.0836. The molecule has 0 fully saturated rings. The molecule has 0 saturated heterocycles. The predicted molar refractivity (Wildman–Crippen MR) is 83.1 cm³/mol. The van der Waals surface area contributed by atoms with Gasteiger partial charge in [0.15, 0.2) is 0 Å². The molecule has 1 N–H and O–H groups in total. The van der Waals surface area contributed by atoms with E-state index in [-0.39, 0.29) is 17.9 Å². The molecule has 5 heteroatoms. The van der Waals surface area contributed by atoms with Crippen LogP contribution in [0.4, 0.5) is 0 Å². The van der Waals surface area contributed by atoms with Crippen LogP contribution < -0.4 is 5.32 Å². The number of carbonyl (C=O) groups is 2. The third-order valence-electron chi connectivity index (χ3n) is 2.97. The molecule has 1 unspecified atom stereocenters. The van der Waals surface area contributed by atoms with Crippen LogP contribution in [0.25, 0.3) is 0 Å². The molecule has 110 valence electrons. The Hall–Kier alpha value is -1.49. The SMILES string of the molecule is CCC(C)NC(=O)c1ccccc1SCC(=O)N(C)C. The fourth-order valence-electron chi connectivity index (χ4n) is 1.45. The van der Waals surface area contributed by atoms with E-state index in [0.717, 1.165) is 11.3 Å². The Morgan fingerprint density at radius 2 is 1.95 bits per heavy atom. The number of nitrogens with one attached hydrogen (secondary N) is 1. The minimum Gasteiger partial charge on any atom is -0.350 e. The van der Waals surface area contributed by atoms with Crippen molar-refractivity contribution in [3.05, 3.63) is 29.8 Å². The summed E-state index contributed by atoms with van der Waals surface area (Å²) in [6, 6.07) is 7.52. The molecule has 1 aromatic carbocycles. The van der Waals surface area contributed by atoms with Crippen LogP contribution in [-0.4, -0.2) is 42.6 Å². The van der Waals surface area contributed by atoms with E-state index < -0.39 is 0 Å². The predicted octanol–water partition coefficient (Wildman–Crippen LogP) is 2.40. The number of thioether (sulfide) groups is 1. The molecule has 1 atom stereocenters. The minimum absolute atomic E-state index is 0.0344. The number of nitrogens with zero attached hydrogens (tertiary/aromatic N) is 1. The van der Waals surface area contributed by atoms with Crippen LogP contribution in [0.1, 0.15) is 30.6 Å². The van der Waals surface area contributed by atoms with Crippen molar-refractivity contribution >= 4 is 23.6 Å². The average Bonchev–Trinajstić information content (AvgIpc) is 2.44. The number of hydrogen-bond donors (Lipinski definition) is 1.